The SMILES string of the molecule is CN(C)Cc1ccc2c(c1)-c1c(c(C(=O)N3CCOCC3)nn1C1CCCCC1)CS2(=O)=O. The molecule has 178 valence electrons. The number of sulfone groups is 1. The van der Waals surface area contributed by atoms with Crippen LogP contribution in [0.2, 0.25) is 0 Å². The lowest BCUT2D eigenvalue weighted by Gasteiger charge is -2.27. The topological polar surface area (TPSA) is 84.7 Å². The molecule has 0 N–H and O–H groups in total. The van der Waals surface area contributed by atoms with Crippen LogP contribution in [0.4, 0.5) is 0 Å². The summed E-state index contributed by atoms with van der Waals surface area (Å²) in [6.07, 6.45) is 5.45. The summed E-state index contributed by atoms with van der Waals surface area (Å²) in [6, 6.07) is 5.79. The van der Waals surface area contributed by atoms with Gasteiger partial charge in [-0.3, -0.25) is 9.48 Å². The highest BCUT2D eigenvalue weighted by Crippen LogP contribution is 2.43. The molecule has 2 fully saturated rings. The Hall–Kier alpha value is -2.23. The molecule has 0 atom stereocenters. The number of carbonyl (C=O) groups excluding carboxylic acids is 1. The summed E-state index contributed by atoms with van der Waals surface area (Å²) in [7, 11) is 0.419. The van der Waals surface area contributed by atoms with Gasteiger partial charge in [0.05, 0.1) is 35.6 Å². The molecule has 0 bridgehead atoms. The molecule has 3 aliphatic rings. The molecule has 2 aliphatic heterocycles. The molecule has 0 unspecified atom stereocenters. The molecular formula is C24H32N4O4S. The van der Waals surface area contributed by atoms with Gasteiger partial charge in [-0.25, -0.2) is 8.42 Å². The van der Waals surface area contributed by atoms with Gasteiger partial charge in [0.15, 0.2) is 15.5 Å². The highest BCUT2D eigenvalue weighted by molar-refractivity contribution is 7.90. The van der Waals surface area contributed by atoms with Crippen molar-refractivity contribution in [1.82, 2.24) is 19.6 Å². The Bertz CT molecular complexity index is 1160. The predicted molar refractivity (Wildman–Crippen MR) is 125 cm³/mol. The summed E-state index contributed by atoms with van der Waals surface area (Å²) in [5.41, 5.74) is 3.41. The van der Waals surface area contributed by atoms with Crippen molar-refractivity contribution in [1.29, 1.82) is 0 Å². The second-order valence-electron chi connectivity index (χ2n) is 9.64. The van der Waals surface area contributed by atoms with Crippen molar-refractivity contribution in [3.63, 3.8) is 0 Å². The zero-order valence-electron chi connectivity index (χ0n) is 19.4. The zero-order chi connectivity index (χ0) is 23.2. The van der Waals surface area contributed by atoms with Crippen molar-refractivity contribution < 1.29 is 17.9 Å². The number of fused-ring (bicyclic) bond motifs is 3. The van der Waals surface area contributed by atoms with E-state index in [1.54, 1.807) is 11.0 Å². The largest absolute Gasteiger partial charge is 0.378 e. The zero-order valence-corrected chi connectivity index (χ0v) is 20.2. The molecule has 1 amide bonds. The van der Waals surface area contributed by atoms with E-state index in [0.29, 0.717) is 54.6 Å². The number of nitrogens with zero attached hydrogens (tertiary/aromatic N) is 4. The van der Waals surface area contributed by atoms with E-state index in [1.807, 2.05) is 30.9 Å². The standard InChI is InChI=1S/C24H32N4O4S/c1-26(2)15-17-8-9-21-19(14-17)23-20(16-33(21,30)31)22(24(29)27-10-12-32-13-11-27)25-28(23)18-6-4-3-5-7-18/h8-9,14,18H,3-7,10-13,15-16H2,1-2H3. The van der Waals surface area contributed by atoms with Crippen LogP contribution in [0.5, 0.6) is 0 Å². The van der Waals surface area contributed by atoms with Gasteiger partial charge in [0.2, 0.25) is 0 Å². The molecule has 1 aliphatic carbocycles. The van der Waals surface area contributed by atoms with Crippen LogP contribution in [0.25, 0.3) is 11.3 Å². The Morgan fingerprint density at radius 3 is 2.58 bits per heavy atom. The molecule has 2 aromatic rings. The summed E-state index contributed by atoms with van der Waals surface area (Å²) in [6.45, 7) is 2.69. The third kappa shape index (κ3) is 4.22. The molecule has 0 radical (unpaired) electrons. The van der Waals surface area contributed by atoms with E-state index in [4.69, 9.17) is 9.84 Å². The molecule has 5 rings (SSSR count). The van der Waals surface area contributed by atoms with Crippen LogP contribution in [-0.4, -0.2) is 74.3 Å². The number of ether oxygens (including phenoxy) is 1. The summed E-state index contributed by atoms with van der Waals surface area (Å²) in [4.78, 5) is 17.6. The van der Waals surface area contributed by atoms with Gasteiger partial charge in [0.1, 0.15) is 0 Å². The average molecular weight is 473 g/mol. The molecule has 0 spiro atoms. The Morgan fingerprint density at radius 1 is 1.15 bits per heavy atom. The normalized spacial score (nSPS) is 20.5. The Kier molecular flexibility index (Phi) is 6.05. The lowest BCUT2D eigenvalue weighted by Crippen LogP contribution is -2.41. The van der Waals surface area contributed by atoms with Crippen molar-refractivity contribution in [2.75, 3.05) is 40.4 Å². The monoisotopic (exact) mass is 472 g/mol. The number of carbonyl (C=O) groups is 1. The first kappa shape index (κ1) is 22.6. The highest BCUT2D eigenvalue weighted by Gasteiger charge is 2.38. The van der Waals surface area contributed by atoms with Gasteiger partial charge in [-0.2, -0.15) is 5.10 Å². The molecule has 1 saturated carbocycles. The third-order valence-electron chi connectivity index (χ3n) is 6.90. The lowest BCUT2D eigenvalue weighted by atomic mass is 9.94. The molecule has 3 heterocycles. The van der Waals surface area contributed by atoms with Gasteiger partial charge in [-0.05, 0) is 44.6 Å². The number of hydrogen-bond acceptors (Lipinski definition) is 6. The van der Waals surface area contributed by atoms with Crippen LogP contribution in [-0.2, 0) is 26.9 Å². The first-order valence-corrected chi connectivity index (χ1v) is 13.5. The summed E-state index contributed by atoms with van der Waals surface area (Å²) < 4.78 is 34.0. The summed E-state index contributed by atoms with van der Waals surface area (Å²) >= 11 is 0. The van der Waals surface area contributed by atoms with E-state index in [-0.39, 0.29) is 17.7 Å². The van der Waals surface area contributed by atoms with Crippen LogP contribution < -0.4 is 0 Å². The molecule has 1 aromatic carbocycles. The number of benzene rings is 1. The fraction of sp³-hybridized carbons (Fsp3) is 0.583. The van der Waals surface area contributed by atoms with E-state index < -0.39 is 9.84 Å². The molecule has 33 heavy (non-hydrogen) atoms. The van der Waals surface area contributed by atoms with Crippen LogP contribution in [0.1, 0.15) is 59.8 Å². The van der Waals surface area contributed by atoms with Gasteiger partial charge < -0.3 is 14.5 Å². The number of morpholine rings is 1. The molecule has 8 nitrogen and oxygen atoms in total. The van der Waals surface area contributed by atoms with E-state index in [2.05, 4.69) is 4.90 Å². The van der Waals surface area contributed by atoms with Gasteiger partial charge in [0, 0.05) is 30.8 Å². The minimum Gasteiger partial charge on any atom is -0.378 e. The second-order valence-corrected chi connectivity index (χ2v) is 11.6. The first-order chi connectivity index (χ1) is 15.8. The fourth-order valence-electron chi connectivity index (χ4n) is 5.33. The minimum atomic E-state index is -3.57. The number of rotatable bonds is 4. The highest BCUT2D eigenvalue weighted by atomic mass is 32.2. The quantitative estimate of drug-likeness (QED) is 0.680. The van der Waals surface area contributed by atoms with Gasteiger partial charge in [-0.1, -0.05) is 25.3 Å². The van der Waals surface area contributed by atoms with E-state index in [9.17, 15) is 13.2 Å². The first-order valence-electron chi connectivity index (χ1n) is 11.8. The minimum absolute atomic E-state index is 0.180. The maximum absolute atomic E-state index is 13.5. The second kappa shape index (κ2) is 8.85. The van der Waals surface area contributed by atoms with E-state index in [1.165, 1.54) is 6.42 Å². The molecular weight excluding hydrogens is 440 g/mol. The molecule has 1 saturated heterocycles. The molecule has 1 aromatic heterocycles. The van der Waals surface area contributed by atoms with Crippen molar-refractivity contribution in [3.05, 3.63) is 35.0 Å². The van der Waals surface area contributed by atoms with Crippen molar-refractivity contribution >= 4 is 15.7 Å². The summed E-state index contributed by atoms with van der Waals surface area (Å²) in [5.74, 6) is -0.368. The Labute approximate surface area is 195 Å². The fourth-order valence-corrected chi connectivity index (χ4v) is 6.91. The number of amides is 1. The van der Waals surface area contributed by atoms with E-state index in [0.717, 1.165) is 36.9 Å². The van der Waals surface area contributed by atoms with Gasteiger partial charge in [-0.15, -0.1) is 0 Å². The predicted octanol–water partition coefficient (Wildman–Crippen LogP) is 2.88. The van der Waals surface area contributed by atoms with Crippen LogP contribution in [0.15, 0.2) is 23.1 Å². The molecule has 9 heteroatoms. The van der Waals surface area contributed by atoms with Crippen LogP contribution in [0, 0.1) is 0 Å². The third-order valence-corrected chi connectivity index (χ3v) is 8.59. The maximum atomic E-state index is 13.5. The van der Waals surface area contributed by atoms with Crippen molar-refractivity contribution in [3.8, 4) is 11.3 Å². The van der Waals surface area contributed by atoms with Crippen molar-refractivity contribution in [2.24, 2.45) is 0 Å². The Morgan fingerprint density at radius 2 is 1.88 bits per heavy atom. The summed E-state index contributed by atoms with van der Waals surface area (Å²) in [5, 5.41) is 4.86. The van der Waals surface area contributed by atoms with E-state index >= 15 is 0 Å². The van der Waals surface area contributed by atoms with Gasteiger partial charge in [0.25, 0.3) is 5.91 Å². The van der Waals surface area contributed by atoms with Crippen LogP contribution in [0.3, 0.4) is 0 Å². The van der Waals surface area contributed by atoms with Gasteiger partial charge >= 0.3 is 0 Å². The number of aromatic nitrogens is 2. The maximum Gasteiger partial charge on any atom is 0.274 e. The Balaban J connectivity index is 1.69. The average Bonchev–Trinajstić information content (AvgIpc) is 3.18. The lowest BCUT2D eigenvalue weighted by molar-refractivity contribution is 0.0297. The number of hydrogen-bond donors (Lipinski definition) is 0. The van der Waals surface area contributed by atoms with Crippen LogP contribution >= 0.6 is 0 Å². The smallest absolute Gasteiger partial charge is 0.274 e. The van der Waals surface area contributed by atoms with Crippen molar-refractivity contribution in [2.45, 2.75) is 55.3 Å².